The van der Waals surface area contributed by atoms with Crippen LogP contribution in [0.15, 0.2) is 42.9 Å². The molecule has 1 saturated heterocycles. The summed E-state index contributed by atoms with van der Waals surface area (Å²) >= 11 is 1.07. The Hall–Kier alpha value is -4.07. The van der Waals surface area contributed by atoms with Gasteiger partial charge in [-0.25, -0.2) is 9.78 Å². The van der Waals surface area contributed by atoms with E-state index in [0.29, 0.717) is 21.7 Å². The van der Waals surface area contributed by atoms with Gasteiger partial charge in [0.15, 0.2) is 5.13 Å². The second-order valence-corrected chi connectivity index (χ2v) is 10.6. The molecule has 4 amide bonds. The molecule has 0 saturated carbocycles. The molecule has 1 aliphatic rings. The lowest BCUT2D eigenvalue weighted by Gasteiger charge is -2.27. The van der Waals surface area contributed by atoms with Crippen molar-refractivity contribution in [3.63, 3.8) is 0 Å². The van der Waals surface area contributed by atoms with E-state index < -0.39 is 41.5 Å². The minimum Gasteiger partial charge on any atom is -0.368 e. The van der Waals surface area contributed by atoms with Crippen molar-refractivity contribution < 1.29 is 27.6 Å². The Morgan fingerprint density at radius 1 is 1.18 bits per heavy atom. The lowest BCUT2D eigenvalue weighted by molar-refractivity contribution is -0.181. The number of aromatic nitrogens is 3. The summed E-state index contributed by atoms with van der Waals surface area (Å²) in [6, 6.07) is 4.00. The van der Waals surface area contributed by atoms with E-state index in [0.717, 1.165) is 25.2 Å². The number of pyridine rings is 2. The van der Waals surface area contributed by atoms with Crippen molar-refractivity contribution in [3.8, 4) is 10.4 Å². The number of hydrogen-bond donors (Lipinski definition) is 3. The number of nitrogens with zero attached hydrogens (tertiary/aromatic N) is 4. The number of aryl methyl sites for hydroxylation is 1. The maximum absolute atomic E-state index is 13.5. The highest BCUT2D eigenvalue weighted by atomic mass is 32.1. The fourth-order valence-corrected chi connectivity index (χ4v) is 5.09. The molecular weight excluding hydrogens is 535 g/mol. The molecule has 39 heavy (non-hydrogen) atoms. The van der Waals surface area contributed by atoms with Gasteiger partial charge in [0.1, 0.15) is 11.5 Å². The number of amides is 4. The second-order valence-electron chi connectivity index (χ2n) is 9.63. The van der Waals surface area contributed by atoms with E-state index in [-0.39, 0.29) is 23.8 Å². The van der Waals surface area contributed by atoms with Crippen LogP contribution in [0.3, 0.4) is 0 Å². The number of rotatable bonds is 6. The molecule has 3 aromatic rings. The summed E-state index contributed by atoms with van der Waals surface area (Å²) in [6.45, 7) is 3.81. The maximum atomic E-state index is 13.5. The molecule has 10 nitrogen and oxygen atoms in total. The van der Waals surface area contributed by atoms with Crippen LogP contribution in [0.5, 0.6) is 0 Å². The standard InChI is InChI=1S/C25H26F3N7O3S/c1-13-19(14-6-8-31-18(9-14)24(2,3)25(26,27)28)39-22(32-13)34-23(38)35-12-16(10-17(35)20(29)36)33-21(37)15-5-4-7-30-11-15/h4-9,11,16-17H,10,12H2,1-3H3,(H2,29,36)(H,33,37)(H,32,34,38)/t16-,17+/m1/s1. The zero-order valence-corrected chi connectivity index (χ0v) is 22.1. The minimum absolute atomic E-state index is 0.0307. The first-order valence-corrected chi connectivity index (χ1v) is 12.7. The largest absolute Gasteiger partial charge is 0.399 e. The molecule has 3 aromatic heterocycles. The van der Waals surface area contributed by atoms with Crippen molar-refractivity contribution in [1.82, 2.24) is 25.2 Å². The highest BCUT2D eigenvalue weighted by Crippen LogP contribution is 2.41. The third-order valence-electron chi connectivity index (χ3n) is 6.53. The Kier molecular flexibility index (Phi) is 7.59. The number of thiazole rings is 1. The van der Waals surface area contributed by atoms with Crippen molar-refractivity contribution in [3.05, 3.63) is 59.8 Å². The quantitative estimate of drug-likeness (QED) is 0.419. The molecule has 1 fully saturated rings. The number of urea groups is 1. The monoisotopic (exact) mass is 561 g/mol. The molecule has 0 bridgehead atoms. The van der Waals surface area contributed by atoms with Crippen LogP contribution in [0.1, 0.15) is 42.0 Å². The molecule has 14 heteroatoms. The van der Waals surface area contributed by atoms with Crippen LogP contribution in [0.2, 0.25) is 0 Å². The molecule has 1 aliphatic heterocycles. The number of likely N-dealkylation sites (tertiary alicyclic amines) is 1. The lowest BCUT2D eigenvalue weighted by Crippen LogP contribution is -2.46. The van der Waals surface area contributed by atoms with Crippen LogP contribution in [-0.2, 0) is 10.2 Å². The Bertz CT molecular complexity index is 1400. The SMILES string of the molecule is Cc1nc(NC(=O)N2C[C@H](NC(=O)c3cccnc3)C[C@H]2C(N)=O)sc1-c1ccnc(C(C)(C)C(F)(F)F)c1. The number of halogens is 3. The van der Waals surface area contributed by atoms with Crippen LogP contribution >= 0.6 is 11.3 Å². The Labute approximate surface area is 225 Å². The fraction of sp³-hybridized carbons (Fsp3) is 0.360. The van der Waals surface area contributed by atoms with Gasteiger partial charge >= 0.3 is 12.2 Å². The zero-order chi connectivity index (χ0) is 28.5. The van der Waals surface area contributed by atoms with Gasteiger partial charge in [0.05, 0.1) is 21.8 Å². The number of alkyl halides is 3. The van der Waals surface area contributed by atoms with Crippen LogP contribution in [0.25, 0.3) is 10.4 Å². The van der Waals surface area contributed by atoms with Crippen molar-refractivity contribution in [2.24, 2.45) is 5.73 Å². The van der Waals surface area contributed by atoms with Crippen LogP contribution in [0, 0.1) is 6.92 Å². The molecule has 4 rings (SSSR count). The molecular formula is C25H26F3N7O3S. The summed E-state index contributed by atoms with van der Waals surface area (Å²) in [5, 5.41) is 5.61. The van der Waals surface area contributed by atoms with Gasteiger partial charge in [0.25, 0.3) is 5.91 Å². The minimum atomic E-state index is -4.50. The van der Waals surface area contributed by atoms with Crippen LogP contribution in [-0.4, -0.2) is 62.5 Å². The van der Waals surface area contributed by atoms with E-state index in [1.807, 2.05) is 0 Å². The first-order chi connectivity index (χ1) is 18.3. The Morgan fingerprint density at radius 2 is 1.92 bits per heavy atom. The molecule has 0 aliphatic carbocycles. The summed E-state index contributed by atoms with van der Waals surface area (Å²) in [5.41, 5.74) is 4.51. The van der Waals surface area contributed by atoms with Crippen molar-refractivity contribution >= 4 is 34.3 Å². The fourth-order valence-electron chi connectivity index (χ4n) is 4.14. The van der Waals surface area contributed by atoms with Gasteiger partial charge in [0.2, 0.25) is 5.91 Å². The topological polar surface area (TPSA) is 143 Å². The average Bonchev–Trinajstić information content (AvgIpc) is 3.47. The summed E-state index contributed by atoms with van der Waals surface area (Å²) in [5.74, 6) is -1.12. The first-order valence-electron chi connectivity index (χ1n) is 11.9. The van der Waals surface area contributed by atoms with Gasteiger partial charge in [-0.3, -0.25) is 24.9 Å². The number of anilines is 1. The number of hydrogen-bond acceptors (Lipinski definition) is 7. The molecule has 0 unspecified atom stereocenters. The number of primary amides is 1. The number of carbonyl (C=O) groups excluding carboxylic acids is 3. The Balaban J connectivity index is 1.49. The normalized spacial score (nSPS) is 17.6. The van der Waals surface area contributed by atoms with Crippen molar-refractivity contribution in [1.29, 1.82) is 0 Å². The van der Waals surface area contributed by atoms with E-state index >= 15 is 0 Å². The average molecular weight is 562 g/mol. The molecule has 2 atom stereocenters. The van der Waals surface area contributed by atoms with Crippen molar-refractivity contribution in [2.45, 2.75) is 50.9 Å². The van der Waals surface area contributed by atoms with Gasteiger partial charge in [-0.05, 0) is 57.0 Å². The number of carbonyl (C=O) groups is 3. The molecule has 0 radical (unpaired) electrons. The maximum Gasteiger partial charge on any atom is 0.399 e. The Morgan fingerprint density at radius 3 is 2.56 bits per heavy atom. The molecule has 206 valence electrons. The third kappa shape index (κ3) is 5.85. The molecule has 4 N–H and O–H groups in total. The van der Waals surface area contributed by atoms with Crippen molar-refractivity contribution in [2.75, 3.05) is 11.9 Å². The highest BCUT2D eigenvalue weighted by molar-refractivity contribution is 7.19. The van der Waals surface area contributed by atoms with E-state index in [9.17, 15) is 27.6 Å². The van der Waals surface area contributed by atoms with Gasteiger partial charge in [0, 0.05) is 31.2 Å². The van der Waals surface area contributed by atoms with Crippen LogP contribution in [0.4, 0.5) is 23.1 Å². The molecule has 4 heterocycles. The predicted molar refractivity (Wildman–Crippen MR) is 138 cm³/mol. The smallest absolute Gasteiger partial charge is 0.368 e. The summed E-state index contributed by atoms with van der Waals surface area (Å²) < 4.78 is 40.6. The number of nitrogens with two attached hydrogens (primary N) is 1. The van der Waals surface area contributed by atoms with Gasteiger partial charge in [-0.2, -0.15) is 13.2 Å². The van der Waals surface area contributed by atoms with Gasteiger partial charge in [-0.15, -0.1) is 0 Å². The van der Waals surface area contributed by atoms with E-state index in [1.165, 1.54) is 29.6 Å². The predicted octanol–water partition coefficient (Wildman–Crippen LogP) is 3.64. The van der Waals surface area contributed by atoms with E-state index in [2.05, 4.69) is 25.6 Å². The van der Waals surface area contributed by atoms with E-state index in [1.54, 1.807) is 25.1 Å². The van der Waals surface area contributed by atoms with Gasteiger partial charge < -0.3 is 16.0 Å². The summed E-state index contributed by atoms with van der Waals surface area (Å²) in [6.07, 6.45) is -0.131. The summed E-state index contributed by atoms with van der Waals surface area (Å²) in [7, 11) is 0. The van der Waals surface area contributed by atoms with E-state index in [4.69, 9.17) is 5.73 Å². The van der Waals surface area contributed by atoms with Crippen LogP contribution < -0.4 is 16.4 Å². The summed E-state index contributed by atoms with van der Waals surface area (Å²) in [4.78, 5) is 51.6. The second kappa shape index (κ2) is 10.6. The first kappa shape index (κ1) is 28.0. The van der Waals surface area contributed by atoms with Gasteiger partial charge in [-0.1, -0.05) is 11.3 Å². The number of nitrogens with one attached hydrogen (secondary N) is 2. The molecule has 0 spiro atoms. The lowest BCUT2D eigenvalue weighted by atomic mass is 9.87. The highest BCUT2D eigenvalue weighted by Gasteiger charge is 2.49. The zero-order valence-electron chi connectivity index (χ0n) is 21.2. The molecule has 0 aromatic carbocycles. The third-order valence-corrected chi connectivity index (χ3v) is 7.65.